The van der Waals surface area contributed by atoms with Crippen LogP contribution in [0.15, 0.2) is 52.7 Å². The Bertz CT molecular complexity index is 774. The van der Waals surface area contributed by atoms with E-state index in [1.54, 1.807) is 30.5 Å². The highest BCUT2D eigenvalue weighted by Crippen LogP contribution is 2.28. The first kappa shape index (κ1) is 14.1. The Kier molecular flexibility index (Phi) is 4.10. The molecule has 0 amide bonds. The maximum atomic E-state index is 12.3. The number of allylic oxidation sites excluding steroid dienone is 3. The number of aromatic nitrogens is 1. The fraction of sp³-hybridized carbons (Fsp3) is 0.0667. The maximum absolute atomic E-state index is 12.3. The summed E-state index contributed by atoms with van der Waals surface area (Å²) in [5.41, 5.74) is -0.355. The number of Topliss-reactive ketones (excluding diaryl/α,β-unsaturated/α-hetero) is 1. The topological polar surface area (TPSA) is 70.2 Å². The molecule has 0 fully saturated rings. The van der Waals surface area contributed by atoms with E-state index in [0.717, 1.165) is 0 Å². The first-order chi connectivity index (χ1) is 9.60. The van der Waals surface area contributed by atoms with Gasteiger partial charge in [-0.3, -0.25) is 9.59 Å². The number of para-hydroxylation sites is 1. The lowest BCUT2D eigenvalue weighted by atomic mass is 10.1. The minimum Gasteiger partial charge on any atom is -0.506 e. The van der Waals surface area contributed by atoms with Crippen LogP contribution in [-0.4, -0.2) is 22.1 Å². The molecular formula is C15H13NO3S. The molecule has 0 saturated heterocycles. The highest BCUT2D eigenvalue weighted by molar-refractivity contribution is 8.03. The van der Waals surface area contributed by atoms with Crippen molar-refractivity contribution in [2.24, 2.45) is 0 Å². The Morgan fingerprint density at radius 3 is 2.75 bits per heavy atom. The number of hydrogen-bond donors (Lipinski definition) is 2. The van der Waals surface area contributed by atoms with Crippen LogP contribution in [0, 0.1) is 0 Å². The molecule has 0 saturated carbocycles. The van der Waals surface area contributed by atoms with Gasteiger partial charge in [0, 0.05) is 5.39 Å². The summed E-state index contributed by atoms with van der Waals surface area (Å²) in [6.07, 6.45) is 4.70. The normalized spacial score (nSPS) is 11.6. The lowest BCUT2D eigenvalue weighted by Gasteiger charge is -2.07. The number of rotatable bonds is 4. The third-order valence-corrected chi connectivity index (χ3v) is 3.60. The molecule has 1 heterocycles. The third-order valence-electron chi connectivity index (χ3n) is 2.83. The number of benzene rings is 1. The number of ketones is 1. The molecule has 2 N–H and O–H groups in total. The van der Waals surface area contributed by atoms with E-state index in [4.69, 9.17) is 0 Å². The van der Waals surface area contributed by atoms with Gasteiger partial charge in [0.15, 0.2) is 0 Å². The Morgan fingerprint density at radius 2 is 2.10 bits per heavy atom. The lowest BCUT2D eigenvalue weighted by Crippen LogP contribution is -2.18. The van der Waals surface area contributed by atoms with Crippen LogP contribution in [0.1, 0.15) is 10.4 Å². The van der Waals surface area contributed by atoms with Crippen LogP contribution < -0.4 is 5.56 Å². The number of hydrogen-bond acceptors (Lipinski definition) is 4. The molecule has 0 aliphatic heterocycles. The monoisotopic (exact) mass is 287 g/mol. The number of nitrogens with one attached hydrogen (secondary N) is 1. The summed E-state index contributed by atoms with van der Waals surface area (Å²) in [5, 5.41) is 10.6. The van der Waals surface area contributed by atoms with E-state index in [1.807, 2.05) is 0 Å². The van der Waals surface area contributed by atoms with Crippen LogP contribution in [0.3, 0.4) is 0 Å². The minimum absolute atomic E-state index is 0.244. The highest BCUT2D eigenvalue weighted by atomic mass is 32.2. The molecule has 0 atom stereocenters. The summed E-state index contributed by atoms with van der Waals surface area (Å²) < 4.78 is 0. The van der Waals surface area contributed by atoms with Gasteiger partial charge in [0.2, 0.25) is 5.78 Å². The quantitative estimate of drug-likeness (QED) is 0.515. The van der Waals surface area contributed by atoms with Crippen molar-refractivity contribution in [3.63, 3.8) is 0 Å². The van der Waals surface area contributed by atoms with E-state index in [2.05, 4.69) is 11.6 Å². The Hall–Kier alpha value is -2.27. The molecule has 102 valence electrons. The van der Waals surface area contributed by atoms with Crippen LogP contribution in [0.25, 0.3) is 10.9 Å². The standard InChI is InChI=1S/C15H13NO3S/c1-3-6-11(20-2)14(18)12-13(17)9-7-4-5-8-10(9)16-15(12)19/h3-8H,1H2,2H3,(H2,16,17,19)/b11-6-. The van der Waals surface area contributed by atoms with Gasteiger partial charge in [-0.25, -0.2) is 0 Å². The summed E-state index contributed by atoms with van der Waals surface area (Å²) in [6, 6.07) is 6.78. The molecule has 5 heteroatoms. The molecule has 20 heavy (non-hydrogen) atoms. The molecule has 0 spiro atoms. The summed E-state index contributed by atoms with van der Waals surface area (Å²) in [6.45, 7) is 3.53. The van der Waals surface area contributed by atoms with Gasteiger partial charge < -0.3 is 10.1 Å². The average molecular weight is 287 g/mol. The number of thioether (sulfide) groups is 1. The van der Waals surface area contributed by atoms with Gasteiger partial charge in [-0.15, -0.1) is 11.8 Å². The van der Waals surface area contributed by atoms with Crippen LogP contribution in [-0.2, 0) is 0 Å². The van der Waals surface area contributed by atoms with Gasteiger partial charge in [0.25, 0.3) is 5.56 Å². The number of aromatic amines is 1. The van der Waals surface area contributed by atoms with Gasteiger partial charge in [-0.1, -0.05) is 24.8 Å². The Morgan fingerprint density at radius 1 is 1.40 bits per heavy atom. The number of fused-ring (bicyclic) bond motifs is 1. The predicted molar refractivity (Wildman–Crippen MR) is 82.4 cm³/mol. The number of aromatic hydroxyl groups is 1. The second-order valence-electron chi connectivity index (χ2n) is 4.02. The molecule has 0 unspecified atom stereocenters. The van der Waals surface area contributed by atoms with Crippen molar-refractivity contribution in [3.8, 4) is 5.75 Å². The smallest absolute Gasteiger partial charge is 0.263 e. The number of carbonyl (C=O) groups excluding carboxylic acids is 1. The fourth-order valence-electron chi connectivity index (χ4n) is 1.90. The van der Waals surface area contributed by atoms with E-state index in [0.29, 0.717) is 15.8 Å². The van der Waals surface area contributed by atoms with Gasteiger partial charge in [-0.05, 0) is 24.5 Å². The van der Waals surface area contributed by atoms with Crippen molar-refractivity contribution >= 4 is 28.4 Å². The second-order valence-corrected chi connectivity index (χ2v) is 4.87. The van der Waals surface area contributed by atoms with Gasteiger partial charge in [0.1, 0.15) is 11.3 Å². The zero-order valence-corrected chi connectivity index (χ0v) is 11.7. The summed E-state index contributed by atoms with van der Waals surface area (Å²) >= 11 is 1.20. The minimum atomic E-state index is -0.602. The number of carbonyl (C=O) groups is 1. The van der Waals surface area contributed by atoms with Gasteiger partial charge >= 0.3 is 0 Å². The van der Waals surface area contributed by atoms with Crippen molar-refractivity contribution in [2.75, 3.05) is 6.26 Å². The number of H-pyrrole nitrogens is 1. The Balaban J connectivity index is 2.72. The molecule has 0 aliphatic rings. The first-order valence-electron chi connectivity index (χ1n) is 5.85. The highest BCUT2D eigenvalue weighted by Gasteiger charge is 2.21. The SMILES string of the molecule is C=C/C=C(\SC)C(=O)c1c(O)c2ccccc2[nH]c1=O. The van der Waals surface area contributed by atoms with E-state index >= 15 is 0 Å². The van der Waals surface area contributed by atoms with Crippen molar-refractivity contribution in [1.82, 2.24) is 4.98 Å². The molecule has 2 aromatic rings. The molecule has 2 rings (SSSR count). The van der Waals surface area contributed by atoms with Crippen molar-refractivity contribution in [1.29, 1.82) is 0 Å². The van der Waals surface area contributed by atoms with Crippen molar-refractivity contribution in [3.05, 3.63) is 63.8 Å². The maximum Gasteiger partial charge on any atom is 0.263 e. The molecule has 1 aromatic carbocycles. The second kappa shape index (κ2) is 5.79. The third kappa shape index (κ3) is 2.40. The first-order valence-corrected chi connectivity index (χ1v) is 7.08. The lowest BCUT2D eigenvalue weighted by molar-refractivity contribution is 0.103. The Labute approximate surface area is 119 Å². The molecule has 0 bridgehead atoms. The molecule has 1 aromatic heterocycles. The van der Waals surface area contributed by atoms with E-state index in [1.165, 1.54) is 23.9 Å². The average Bonchev–Trinajstić information content (AvgIpc) is 2.44. The van der Waals surface area contributed by atoms with Crippen LogP contribution in [0.5, 0.6) is 5.75 Å². The summed E-state index contributed by atoms with van der Waals surface area (Å²) in [5.74, 6) is -0.805. The number of pyridine rings is 1. The largest absolute Gasteiger partial charge is 0.506 e. The molecular weight excluding hydrogens is 274 g/mol. The van der Waals surface area contributed by atoms with Gasteiger partial charge in [-0.2, -0.15) is 0 Å². The van der Waals surface area contributed by atoms with Gasteiger partial charge in [0.05, 0.1) is 10.4 Å². The summed E-state index contributed by atoms with van der Waals surface area (Å²) in [7, 11) is 0. The van der Waals surface area contributed by atoms with Crippen molar-refractivity contribution < 1.29 is 9.90 Å². The predicted octanol–water partition coefficient (Wildman–Crippen LogP) is 2.85. The zero-order valence-electron chi connectivity index (χ0n) is 10.8. The van der Waals surface area contributed by atoms with E-state index < -0.39 is 11.3 Å². The molecule has 0 aliphatic carbocycles. The van der Waals surface area contributed by atoms with Crippen LogP contribution in [0.4, 0.5) is 0 Å². The van der Waals surface area contributed by atoms with Crippen LogP contribution in [0.2, 0.25) is 0 Å². The summed E-state index contributed by atoms with van der Waals surface area (Å²) in [4.78, 5) is 27.3. The molecule has 0 radical (unpaired) electrons. The van der Waals surface area contributed by atoms with E-state index in [9.17, 15) is 14.7 Å². The van der Waals surface area contributed by atoms with Crippen LogP contribution >= 0.6 is 11.8 Å². The fourth-order valence-corrected chi connectivity index (χ4v) is 2.42. The molecule has 4 nitrogen and oxygen atoms in total. The zero-order chi connectivity index (χ0) is 14.7. The van der Waals surface area contributed by atoms with E-state index in [-0.39, 0.29) is 11.3 Å². The van der Waals surface area contributed by atoms with Crippen molar-refractivity contribution in [2.45, 2.75) is 0 Å².